The Labute approximate surface area is 134 Å². The maximum absolute atomic E-state index is 9.09. The van der Waals surface area contributed by atoms with Crippen LogP contribution in [0.3, 0.4) is 0 Å². The smallest absolute Gasteiger partial charge is 0.152 e. The zero-order valence-electron chi connectivity index (χ0n) is 12.6. The first-order valence-corrected chi connectivity index (χ1v) is 7.43. The third-order valence-electron chi connectivity index (χ3n) is 3.59. The van der Waals surface area contributed by atoms with E-state index in [-0.39, 0.29) is 6.61 Å². The van der Waals surface area contributed by atoms with E-state index in [0.29, 0.717) is 23.8 Å². The SMILES string of the molecule is N=C(c1ccc(CO)o1)c1ccccc1NCc1ccccc1. The van der Waals surface area contributed by atoms with E-state index in [0.717, 1.165) is 11.3 Å². The lowest BCUT2D eigenvalue weighted by molar-refractivity contribution is 0.246. The first kappa shape index (κ1) is 15.1. The van der Waals surface area contributed by atoms with Gasteiger partial charge in [0.1, 0.15) is 18.1 Å². The van der Waals surface area contributed by atoms with Crippen molar-refractivity contribution in [3.8, 4) is 0 Å². The molecular weight excluding hydrogens is 288 g/mol. The van der Waals surface area contributed by atoms with Gasteiger partial charge < -0.3 is 14.8 Å². The van der Waals surface area contributed by atoms with E-state index in [1.807, 2.05) is 42.5 Å². The Bertz CT molecular complexity index is 794. The second-order valence-electron chi connectivity index (χ2n) is 5.18. The minimum absolute atomic E-state index is 0.165. The molecule has 0 radical (unpaired) electrons. The Morgan fingerprint density at radius 2 is 1.70 bits per heavy atom. The van der Waals surface area contributed by atoms with E-state index in [2.05, 4.69) is 17.4 Å². The van der Waals surface area contributed by atoms with E-state index in [4.69, 9.17) is 14.9 Å². The van der Waals surface area contributed by atoms with Gasteiger partial charge in [-0.15, -0.1) is 0 Å². The highest BCUT2D eigenvalue weighted by Crippen LogP contribution is 2.21. The molecule has 0 amide bonds. The summed E-state index contributed by atoms with van der Waals surface area (Å²) in [7, 11) is 0. The van der Waals surface area contributed by atoms with E-state index in [1.165, 1.54) is 5.56 Å². The lowest BCUT2D eigenvalue weighted by Gasteiger charge is -2.12. The first-order valence-electron chi connectivity index (χ1n) is 7.43. The van der Waals surface area contributed by atoms with Gasteiger partial charge in [0.15, 0.2) is 5.76 Å². The molecule has 4 nitrogen and oxygen atoms in total. The Balaban J connectivity index is 1.81. The largest absolute Gasteiger partial charge is 0.457 e. The number of para-hydroxylation sites is 1. The van der Waals surface area contributed by atoms with Crippen molar-refractivity contribution in [3.63, 3.8) is 0 Å². The van der Waals surface area contributed by atoms with E-state index >= 15 is 0 Å². The second-order valence-corrected chi connectivity index (χ2v) is 5.18. The average molecular weight is 306 g/mol. The van der Waals surface area contributed by atoms with Gasteiger partial charge in [-0.25, -0.2) is 0 Å². The Hall–Kier alpha value is -2.85. The second kappa shape index (κ2) is 6.94. The molecule has 0 aliphatic rings. The van der Waals surface area contributed by atoms with Crippen LogP contribution in [0.5, 0.6) is 0 Å². The summed E-state index contributed by atoms with van der Waals surface area (Å²) < 4.78 is 5.46. The summed E-state index contributed by atoms with van der Waals surface area (Å²) in [6.45, 7) is 0.520. The van der Waals surface area contributed by atoms with Gasteiger partial charge >= 0.3 is 0 Å². The van der Waals surface area contributed by atoms with Gasteiger partial charge in [0, 0.05) is 17.8 Å². The standard InChI is InChI=1S/C19H18N2O2/c20-19(18-11-10-15(13-22)23-18)16-8-4-5-9-17(16)21-12-14-6-2-1-3-7-14/h1-11,20-22H,12-13H2. The van der Waals surface area contributed by atoms with Crippen LogP contribution in [0, 0.1) is 5.41 Å². The van der Waals surface area contributed by atoms with Gasteiger partial charge in [-0.1, -0.05) is 48.5 Å². The van der Waals surface area contributed by atoms with Crippen molar-refractivity contribution in [2.24, 2.45) is 0 Å². The summed E-state index contributed by atoms with van der Waals surface area (Å²) in [5.74, 6) is 0.905. The summed E-state index contributed by atoms with van der Waals surface area (Å²) in [5, 5.41) is 20.8. The van der Waals surface area contributed by atoms with Gasteiger partial charge in [0.25, 0.3) is 0 Å². The molecule has 3 N–H and O–H groups in total. The molecule has 0 atom stereocenters. The molecule has 2 aromatic carbocycles. The molecule has 1 heterocycles. The lowest BCUT2D eigenvalue weighted by atomic mass is 10.1. The van der Waals surface area contributed by atoms with Gasteiger partial charge in [0.05, 0.1) is 0 Å². The van der Waals surface area contributed by atoms with E-state index < -0.39 is 0 Å². The minimum atomic E-state index is -0.165. The molecule has 0 aliphatic carbocycles. The van der Waals surface area contributed by atoms with Crippen LogP contribution in [0.25, 0.3) is 0 Å². The van der Waals surface area contributed by atoms with Crippen molar-refractivity contribution < 1.29 is 9.52 Å². The lowest BCUT2D eigenvalue weighted by Crippen LogP contribution is -2.07. The van der Waals surface area contributed by atoms with E-state index in [9.17, 15) is 0 Å². The third kappa shape index (κ3) is 3.49. The fourth-order valence-electron chi connectivity index (χ4n) is 2.38. The van der Waals surface area contributed by atoms with Crippen LogP contribution in [-0.2, 0) is 13.2 Å². The predicted octanol–water partition coefficient (Wildman–Crippen LogP) is 3.80. The van der Waals surface area contributed by atoms with Gasteiger partial charge in [0.2, 0.25) is 0 Å². The van der Waals surface area contributed by atoms with Crippen molar-refractivity contribution in [1.29, 1.82) is 5.41 Å². The van der Waals surface area contributed by atoms with Crippen molar-refractivity contribution in [1.82, 2.24) is 0 Å². The molecule has 0 spiro atoms. The molecule has 0 aliphatic heterocycles. The molecule has 0 saturated carbocycles. The van der Waals surface area contributed by atoms with Gasteiger partial charge in [-0.3, -0.25) is 5.41 Å². The fraction of sp³-hybridized carbons (Fsp3) is 0.105. The van der Waals surface area contributed by atoms with E-state index in [1.54, 1.807) is 12.1 Å². The highest BCUT2D eigenvalue weighted by molar-refractivity contribution is 6.12. The quantitative estimate of drug-likeness (QED) is 0.607. The number of hydrogen-bond donors (Lipinski definition) is 3. The molecule has 0 fully saturated rings. The molecule has 3 rings (SSSR count). The number of furan rings is 1. The van der Waals surface area contributed by atoms with Crippen LogP contribution in [0.2, 0.25) is 0 Å². The number of rotatable bonds is 6. The molecule has 4 heteroatoms. The molecule has 3 aromatic rings. The monoisotopic (exact) mass is 306 g/mol. The Kier molecular flexibility index (Phi) is 4.54. The van der Waals surface area contributed by atoms with Crippen molar-refractivity contribution in [2.45, 2.75) is 13.2 Å². The zero-order chi connectivity index (χ0) is 16.1. The first-order chi connectivity index (χ1) is 11.3. The number of nitrogens with one attached hydrogen (secondary N) is 2. The molecule has 1 aromatic heterocycles. The molecular formula is C19H18N2O2. The molecule has 0 bridgehead atoms. The predicted molar refractivity (Wildman–Crippen MR) is 90.8 cm³/mol. The van der Waals surface area contributed by atoms with Crippen molar-refractivity contribution in [2.75, 3.05) is 5.32 Å². The topological polar surface area (TPSA) is 69.2 Å². The summed E-state index contributed by atoms with van der Waals surface area (Å²) in [6.07, 6.45) is 0. The summed E-state index contributed by atoms with van der Waals surface area (Å²) in [4.78, 5) is 0. The van der Waals surface area contributed by atoms with Crippen LogP contribution < -0.4 is 5.32 Å². The minimum Gasteiger partial charge on any atom is -0.457 e. The Morgan fingerprint density at radius 1 is 0.957 bits per heavy atom. The van der Waals surface area contributed by atoms with Gasteiger partial charge in [-0.05, 0) is 23.8 Å². The average Bonchev–Trinajstić information content (AvgIpc) is 3.10. The van der Waals surface area contributed by atoms with Crippen LogP contribution in [0.15, 0.2) is 71.1 Å². The highest BCUT2D eigenvalue weighted by atomic mass is 16.4. The number of benzene rings is 2. The number of anilines is 1. The maximum atomic E-state index is 9.09. The summed E-state index contributed by atoms with van der Waals surface area (Å²) in [5.41, 5.74) is 3.11. The van der Waals surface area contributed by atoms with Crippen molar-refractivity contribution >= 4 is 11.4 Å². The molecule has 0 saturated heterocycles. The maximum Gasteiger partial charge on any atom is 0.152 e. The number of aliphatic hydroxyl groups is 1. The number of hydrogen-bond acceptors (Lipinski definition) is 4. The molecule has 23 heavy (non-hydrogen) atoms. The molecule has 0 unspecified atom stereocenters. The van der Waals surface area contributed by atoms with Crippen LogP contribution in [0.4, 0.5) is 5.69 Å². The van der Waals surface area contributed by atoms with Crippen molar-refractivity contribution in [3.05, 3.63) is 89.4 Å². The Morgan fingerprint density at radius 3 is 2.43 bits per heavy atom. The fourth-order valence-corrected chi connectivity index (χ4v) is 2.38. The number of aliphatic hydroxyl groups excluding tert-OH is 1. The highest BCUT2D eigenvalue weighted by Gasteiger charge is 2.13. The van der Waals surface area contributed by atoms with Crippen LogP contribution >= 0.6 is 0 Å². The molecule has 116 valence electrons. The van der Waals surface area contributed by atoms with Crippen LogP contribution in [0.1, 0.15) is 22.6 Å². The normalized spacial score (nSPS) is 10.5. The van der Waals surface area contributed by atoms with Crippen LogP contribution in [-0.4, -0.2) is 10.8 Å². The van der Waals surface area contributed by atoms with Gasteiger partial charge in [-0.2, -0.15) is 0 Å². The summed E-state index contributed by atoms with van der Waals surface area (Å²) in [6, 6.07) is 21.2. The third-order valence-corrected chi connectivity index (χ3v) is 3.59. The summed E-state index contributed by atoms with van der Waals surface area (Å²) >= 11 is 0. The zero-order valence-corrected chi connectivity index (χ0v) is 12.6.